The quantitative estimate of drug-likeness (QED) is 0.503. The molecule has 3 heterocycles. The van der Waals surface area contributed by atoms with Gasteiger partial charge in [0.25, 0.3) is 0 Å². The topological polar surface area (TPSA) is 102 Å². The van der Waals surface area contributed by atoms with E-state index in [1.54, 1.807) is 48.9 Å². The Morgan fingerprint density at radius 1 is 1.11 bits per heavy atom. The Bertz CT molecular complexity index is 1190. The average molecular weight is 493 g/mol. The number of ether oxygens (including phenoxy) is 2. The van der Waals surface area contributed by atoms with Crippen LogP contribution in [0.15, 0.2) is 55.1 Å². The van der Waals surface area contributed by atoms with Gasteiger partial charge in [0.15, 0.2) is 0 Å². The van der Waals surface area contributed by atoms with Crippen molar-refractivity contribution >= 4 is 29.3 Å². The van der Waals surface area contributed by atoms with Crippen molar-refractivity contribution in [3.8, 4) is 17.6 Å². The second-order valence-corrected chi connectivity index (χ2v) is 8.29. The maximum absolute atomic E-state index is 12.1. The van der Waals surface area contributed by atoms with Crippen molar-refractivity contribution < 1.29 is 14.3 Å². The molecular formula is C25H25ClN6O3. The van der Waals surface area contributed by atoms with Gasteiger partial charge >= 0.3 is 6.09 Å². The Labute approximate surface area is 208 Å². The summed E-state index contributed by atoms with van der Waals surface area (Å²) in [7, 11) is 0. The van der Waals surface area contributed by atoms with Gasteiger partial charge in [-0.05, 0) is 37.3 Å². The van der Waals surface area contributed by atoms with Crippen LogP contribution in [-0.2, 0) is 4.74 Å². The minimum atomic E-state index is -0.640. The molecule has 1 fully saturated rings. The van der Waals surface area contributed by atoms with Crippen molar-refractivity contribution in [3.63, 3.8) is 0 Å². The number of halogens is 1. The predicted octanol–water partition coefficient (Wildman–Crippen LogP) is 3.67. The van der Waals surface area contributed by atoms with Gasteiger partial charge in [0.05, 0.1) is 30.7 Å². The number of pyridine rings is 1. The molecule has 1 saturated heterocycles. The SMILES string of the molecule is CC(CNc1ncc(C#Cc2cncc(NC(=O)Oc3ccc(Cl)cc3)c2)cn1)N1CCOCC1. The highest BCUT2D eigenvalue weighted by Crippen LogP contribution is 2.16. The first-order chi connectivity index (χ1) is 17.0. The first kappa shape index (κ1) is 24.4. The molecule has 35 heavy (non-hydrogen) atoms. The molecule has 180 valence electrons. The van der Waals surface area contributed by atoms with Gasteiger partial charge in [-0.25, -0.2) is 14.8 Å². The van der Waals surface area contributed by atoms with E-state index < -0.39 is 6.09 Å². The van der Waals surface area contributed by atoms with Crippen molar-refractivity contribution in [1.29, 1.82) is 0 Å². The van der Waals surface area contributed by atoms with E-state index in [0.29, 0.717) is 39.6 Å². The lowest BCUT2D eigenvalue weighted by Gasteiger charge is -2.32. The summed E-state index contributed by atoms with van der Waals surface area (Å²) >= 11 is 5.84. The predicted molar refractivity (Wildman–Crippen MR) is 134 cm³/mol. The minimum Gasteiger partial charge on any atom is -0.410 e. The van der Waals surface area contributed by atoms with E-state index in [1.165, 1.54) is 6.20 Å². The van der Waals surface area contributed by atoms with Gasteiger partial charge in [-0.15, -0.1) is 0 Å². The second kappa shape index (κ2) is 12.1. The molecule has 10 heteroatoms. The molecule has 1 atom stereocenters. The highest BCUT2D eigenvalue weighted by molar-refractivity contribution is 6.30. The lowest BCUT2D eigenvalue weighted by atomic mass is 10.2. The number of hydrogen-bond acceptors (Lipinski definition) is 8. The number of nitrogens with zero attached hydrogens (tertiary/aromatic N) is 4. The number of aromatic nitrogens is 3. The molecule has 2 N–H and O–H groups in total. The molecule has 0 saturated carbocycles. The van der Waals surface area contributed by atoms with Gasteiger partial charge in [0, 0.05) is 54.9 Å². The average Bonchev–Trinajstić information content (AvgIpc) is 2.89. The summed E-state index contributed by atoms with van der Waals surface area (Å²) in [5.74, 6) is 6.95. The molecule has 9 nitrogen and oxygen atoms in total. The monoisotopic (exact) mass is 492 g/mol. The number of morpholine rings is 1. The van der Waals surface area contributed by atoms with Crippen LogP contribution in [0.25, 0.3) is 0 Å². The van der Waals surface area contributed by atoms with Crippen LogP contribution in [0, 0.1) is 11.8 Å². The van der Waals surface area contributed by atoms with Gasteiger partial charge in [-0.1, -0.05) is 23.4 Å². The lowest BCUT2D eigenvalue weighted by molar-refractivity contribution is 0.0227. The summed E-state index contributed by atoms with van der Waals surface area (Å²) in [6.45, 7) is 6.34. The smallest absolute Gasteiger partial charge is 0.410 e. The first-order valence-electron chi connectivity index (χ1n) is 11.1. The van der Waals surface area contributed by atoms with Crippen molar-refractivity contribution in [2.24, 2.45) is 0 Å². The molecule has 1 aliphatic heterocycles. The Hall–Kier alpha value is -3.71. The number of anilines is 2. The van der Waals surface area contributed by atoms with Crippen LogP contribution in [-0.4, -0.2) is 64.8 Å². The first-order valence-corrected chi connectivity index (χ1v) is 11.5. The fraction of sp³-hybridized carbons (Fsp3) is 0.280. The maximum Gasteiger partial charge on any atom is 0.417 e. The third-order valence-electron chi connectivity index (χ3n) is 5.24. The molecule has 0 aliphatic carbocycles. The number of carbonyl (C=O) groups is 1. The molecule has 1 amide bonds. The zero-order valence-corrected chi connectivity index (χ0v) is 20.0. The molecule has 1 aromatic carbocycles. The number of nitrogens with one attached hydrogen (secondary N) is 2. The summed E-state index contributed by atoms with van der Waals surface area (Å²) in [4.78, 5) is 27.3. The maximum atomic E-state index is 12.1. The minimum absolute atomic E-state index is 0.360. The standard InChI is InChI=1S/C25H25ClN6O3/c1-18(32-8-10-34-11-9-32)13-28-24-29-15-20(16-30-24)3-2-19-12-22(17-27-14-19)31-25(33)35-23-6-4-21(26)5-7-23/h4-7,12,14-18H,8-11,13H2,1H3,(H,31,33)(H,28,29,30). The molecule has 1 unspecified atom stereocenters. The zero-order valence-electron chi connectivity index (χ0n) is 19.2. The van der Waals surface area contributed by atoms with E-state index in [-0.39, 0.29) is 0 Å². The van der Waals surface area contributed by atoms with E-state index in [2.05, 4.69) is 49.3 Å². The Kier molecular flexibility index (Phi) is 8.46. The zero-order chi connectivity index (χ0) is 24.5. The van der Waals surface area contributed by atoms with Gasteiger partial charge < -0.3 is 14.8 Å². The number of carbonyl (C=O) groups excluding carboxylic acids is 1. The fourth-order valence-corrected chi connectivity index (χ4v) is 3.47. The normalized spacial score (nSPS) is 14.3. The van der Waals surface area contributed by atoms with Crippen LogP contribution in [0.3, 0.4) is 0 Å². The van der Waals surface area contributed by atoms with Gasteiger partial charge in [0.1, 0.15) is 5.75 Å². The molecule has 0 bridgehead atoms. The van der Waals surface area contributed by atoms with Crippen molar-refractivity contribution in [2.75, 3.05) is 43.5 Å². The van der Waals surface area contributed by atoms with Crippen LogP contribution in [0.5, 0.6) is 5.75 Å². The molecule has 0 radical (unpaired) electrons. The van der Waals surface area contributed by atoms with Gasteiger partial charge in [-0.3, -0.25) is 15.2 Å². The van der Waals surface area contributed by atoms with Crippen molar-refractivity contribution in [1.82, 2.24) is 19.9 Å². The van der Waals surface area contributed by atoms with Crippen LogP contribution in [0.2, 0.25) is 5.02 Å². The second-order valence-electron chi connectivity index (χ2n) is 7.85. The molecule has 3 aromatic rings. The summed E-state index contributed by atoms with van der Waals surface area (Å²) in [5.41, 5.74) is 1.74. The van der Waals surface area contributed by atoms with Crippen LogP contribution in [0.4, 0.5) is 16.4 Å². The number of hydrogen-bond donors (Lipinski definition) is 2. The summed E-state index contributed by atoms with van der Waals surface area (Å²) in [6.07, 6.45) is 5.81. The highest BCUT2D eigenvalue weighted by Gasteiger charge is 2.16. The fourth-order valence-electron chi connectivity index (χ4n) is 3.34. The van der Waals surface area contributed by atoms with E-state index in [1.807, 2.05) is 0 Å². The largest absolute Gasteiger partial charge is 0.417 e. The molecule has 2 aromatic heterocycles. The molecule has 4 rings (SSSR count). The summed E-state index contributed by atoms with van der Waals surface area (Å²) < 4.78 is 10.6. The molecule has 0 spiro atoms. The number of rotatable bonds is 6. The Morgan fingerprint density at radius 2 is 1.83 bits per heavy atom. The summed E-state index contributed by atoms with van der Waals surface area (Å²) in [5, 5.41) is 6.46. The van der Waals surface area contributed by atoms with Gasteiger partial charge in [0.2, 0.25) is 5.95 Å². The third kappa shape index (κ3) is 7.65. The Morgan fingerprint density at radius 3 is 2.57 bits per heavy atom. The number of amides is 1. The number of benzene rings is 1. The highest BCUT2D eigenvalue weighted by atomic mass is 35.5. The van der Waals surface area contributed by atoms with E-state index >= 15 is 0 Å². The van der Waals surface area contributed by atoms with Crippen molar-refractivity contribution in [2.45, 2.75) is 13.0 Å². The van der Waals surface area contributed by atoms with Crippen molar-refractivity contribution in [3.05, 3.63) is 71.3 Å². The summed E-state index contributed by atoms with van der Waals surface area (Å²) in [6, 6.07) is 8.55. The van der Waals surface area contributed by atoms with Crippen LogP contribution >= 0.6 is 11.6 Å². The van der Waals surface area contributed by atoms with E-state index in [0.717, 1.165) is 32.8 Å². The lowest BCUT2D eigenvalue weighted by Crippen LogP contribution is -2.45. The molecule has 1 aliphatic rings. The van der Waals surface area contributed by atoms with E-state index in [4.69, 9.17) is 21.1 Å². The third-order valence-corrected chi connectivity index (χ3v) is 5.49. The Balaban J connectivity index is 1.29. The van der Waals surface area contributed by atoms with Crippen LogP contribution < -0.4 is 15.4 Å². The van der Waals surface area contributed by atoms with E-state index in [9.17, 15) is 4.79 Å². The molecular weight excluding hydrogens is 468 g/mol. The van der Waals surface area contributed by atoms with Gasteiger partial charge in [-0.2, -0.15) is 0 Å². The van der Waals surface area contributed by atoms with Crippen LogP contribution in [0.1, 0.15) is 18.1 Å².